The highest BCUT2D eigenvalue weighted by Crippen LogP contribution is 2.09. The van der Waals surface area contributed by atoms with Crippen LogP contribution >= 0.6 is 0 Å². The Labute approximate surface area is 105 Å². The molecule has 3 heteroatoms. The Bertz CT molecular complexity index is 323. The fourth-order valence-corrected chi connectivity index (χ4v) is 1.85. The second-order valence-corrected chi connectivity index (χ2v) is 4.86. The van der Waals surface area contributed by atoms with E-state index in [-0.39, 0.29) is 0 Å². The van der Waals surface area contributed by atoms with E-state index in [1.165, 1.54) is 6.42 Å². The minimum absolute atomic E-state index is 0.509. The average Bonchev–Trinajstić information content (AvgIpc) is 2.34. The molecule has 1 rings (SSSR count). The van der Waals surface area contributed by atoms with E-state index < -0.39 is 0 Å². The molecule has 0 saturated heterocycles. The Morgan fingerprint density at radius 3 is 2.47 bits per heavy atom. The van der Waals surface area contributed by atoms with E-state index in [2.05, 4.69) is 49.0 Å². The summed E-state index contributed by atoms with van der Waals surface area (Å²) in [6.45, 7) is 9.92. The van der Waals surface area contributed by atoms with Gasteiger partial charge in [-0.25, -0.2) is 9.97 Å². The molecule has 17 heavy (non-hydrogen) atoms. The lowest BCUT2D eigenvalue weighted by atomic mass is 9.98. The van der Waals surface area contributed by atoms with Crippen LogP contribution < -0.4 is 5.32 Å². The molecular formula is C14H25N3. The molecule has 0 radical (unpaired) electrons. The van der Waals surface area contributed by atoms with Gasteiger partial charge >= 0.3 is 0 Å². The van der Waals surface area contributed by atoms with Gasteiger partial charge in [-0.1, -0.05) is 27.7 Å². The molecule has 1 heterocycles. The van der Waals surface area contributed by atoms with Gasteiger partial charge in [0.25, 0.3) is 0 Å². The Hall–Kier alpha value is -0.960. The zero-order valence-corrected chi connectivity index (χ0v) is 11.5. The summed E-state index contributed by atoms with van der Waals surface area (Å²) in [4.78, 5) is 8.61. The molecule has 0 aromatic carbocycles. The first-order valence-electron chi connectivity index (χ1n) is 6.70. The zero-order valence-electron chi connectivity index (χ0n) is 11.5. The third kappa shape index (κ3) is 4.82. The predicted molar refractivity (Wildman–Crippen MR) is 72.0 cm³/mol. The molecule has 0 saturated carbocycles. The van der Waals surface area contributed by atoms with Crippen LogP contribution in [0, 0.1) is 5.92 Å². The van der Waals surface area contributed by atoms with Gasteiger partial charge in [0.15, 0.2) is 0 Å². The van der Waals surface area contributed by atoms with Crippen molar-refractivity contribution >= 4 is 0 Å². The van der Waals surface area contributed by atoms with E-state index in [1.54, 1.807) is 6.33 Å². The Morgan fingerprint density at radius 1 is 1.18 bits per heavy atom. The second-order valence-electron chi connectivity index (χ2n) is 4.86. The average molecular weight is 235 g/mol. The van der Waals surface area contributed by atoms with Gasteiger partial charge in [-0.15, -0.1) is 0 Å². The topological polar surface area (TPSA) is 37.8 Å². The lowest BCUT2D eigenvalue weighted by molar-refractivity contribution is 0.394. The van der Waals surface area contributed by atoms with Gasteiger partial charge in [-0.3, -0.25) is 0 Å². The summed E-state index contributed by atoms with van der Waals surface area (Å²) in [5, 5.41) is 3.59. The Balaban J connectivity index is 2.64. The van der Waals surface area contributed by atoms with Crippen molar-refractivity contribution in [2.45, 2.75) is 53.0 Å². The number of hydrogen-bond donors (Lipinski definition) is 1. The highest BCUT2D eigenvalue weighted by Gasteiger charge is 2.13. The standard InChI is InChI=1S/C14H25N3/c1-5-7-15-14(11(3)4)9-13-8-12(6-2)16-10-17-13/h8,10-11,14-15H,5-7,9H2,1-4H3. The first-order valence-corrected chi connectivity index (χ1v) is 6.70. The minimum atomic E-state index is 0.509. The van der Waals surface area contributed by atoms with E-state index in [4.69, 9.17) is 0 Å². The summed E-state index contributed by atoms with van der Waals surface area (Å²) >= 11 is 0. The van der Waals surface area contributed by atoms with Crippen molar-refractivity contribution in [1.29, 1.82) is 0 Å². The van der Waals surface area contributed by atoms with Crippen molar-refractivity contribution in [3.63, 3.8) is 0 Å². The third-order valence-corrected chi connectivity index (χ3v) is 3.03. The molecule has 1 aromatic heterocycles. The smallest absolute Gasteiger partial charge is 0.115 e. The van der Waals surface area contributed by atoms with Gasteiger partial charge in [-0.2, -0.15) is 0 Å². The summed E-state index contributed by atoms with van der Waals surface area (Å²) in [7, 11) is 0. The molecule has 1 aromatic rings. The zero-order chi connectivity index (χ0) is 12.7. The van der Waals surface area contributed by atoms with E-state index in [1.807, 2.05) is 0 Å². The summed E-state index contributed by atoms with van der Waals surface area (Å²) in [6, 6.07) is 2.64. The van der Waals surface area contributed by atoms with Crippen LogP contribution in [-0.4, -0.2) is 22.6 Å². The minimum Gasteiger partial charge on any atom is -0.313 e. The second kappa shape index (κ2) is 7.38. The lowest BCUT2D eigenvalue weighted by Crippen LogP contribution is -2.36. The van der Waals surface area contributed by atoms with Crippen molar-refractivity contribution in [3.05, 3.63) is 23.8 Å². The molecule has 0 aliphatic heterocycles. The van der Waals surface area contributed by atoms with E-state index in [0.717, 1.165) is 30.8 Å². The third-order valence-electron chi connectivity index (χ3n) is 3.03. The van der Waals surface area contributed by atoms with Crippen molar-refractivity contribution in [2.75, 3.05) is 6.54 Å². The van der Waals surface area contributed by atoms with Crippen molar-refractivity contribution < 1.29 is 0 Å². The fourth-order valence-electron chi connectivity index (χ4n) is 1.85. The SMILES string of the molecule is CCCNC(Cc1cc(CC)ncn1)C(C)C. The Morgan fingerprint density at radius 2 is 1.88 bits per heavy atom. The highest BCUT2D eigenvalue weighted by molar-refractivity contribution is 5.09. The van der Waals surface area contributed by atoms with Crippen LogP contribution in [-0.2, 0) is 12.8 Å². The molecule has 0 amide bonds. The first kappa shape index (κ1) is 14.1. The summed E-state index contributed by atoms with van der Waals surface area (Å²) in [6.07, 6.45) is 4.83. The lowest BCUT2D eigenvalue weighted by Gasteiger charge is -2.22. The molecule has 96 valence electrons. The number of rotatable bonds is 7. The largest absolute Gasteiger partial charge is 0.313 e. The number of aryl methyl sites for hydroxylation is 1. The number of nitrogens with zero attached hydrogens (tertiary/aromatic N) is 2. The molecule has 1 unspecified atom stereocenters. The number of hydrogen-bond acceptors (Lipinski definition) is 3. The van der Waals surface area contributed by atoms with Crippen LogP contribution in [0.25, 0.3) is 0 Å². The molecule has 0 aliphatic rings. The Kier molecular flexibility index (Phi) is 6.12. The van der Waals surface area contributed by atoms with Crippen LogP contribution in [0.5, 0.6) is 0 Å². The molecular weight excluding hydrogens is 210 g/mol. The normalized spacial score (nSPS) is 13.0. The molecule has 0 spiro atoms. The van der Waals surface area contributed by atoms with Crippen LogP contribution in [0.15, 0.2) is 12.4 Å². The van der Waals surface area contributed by atoms with E-state index in [0.29, 0.717) is 12.0 Å². The summed E-state index contributed by atoms with van der Waals surface area (Å²) in [5.74, 6) is 0.626. The van der Waals surface area contributed by atoms with Gasteiger partial charge in [0.2, 0.25) is 0 Å². The summed E-state index contributed by atoms with van der Waals surface area (Å²) in [5.41, 5.74) is 2.28. The molecule has 1 atom stereocenters. The van der Waals surface area contributed by atoms with Crippen LogP contribution in [0.3, 0.4) is 0 Å². The molecule has 1 N–H and O–H groups in total. The van der Waals surface area contributed by atoms with Crippen LogP contribution in [0.1, 0.15) is 45.5 Å². The maximum absolute atomic E-state index is 4.37. The fraction of sp³-hybridized carbons (Fsp3) is 0.714. The van der Waals surface area contributed by atoms with Gasteiger partial charge in [-0.05, 0) is 31.4 Å². The van der Waals surface area contributed by atoms with Gasteiger partial charge in [0.1, 0.15) is 6.33 Å². The van der Waals surface area contributed by atoms with Gasteiger partial charge in [0.05, 0.1) is 0 Å². The first-order chi connectivity index (χ1) is 8.17. The molecule has 3 nitrogen and oxygen atoms in total. The maximum atomic E-state index is 4.37. The van der Waals surface area contributed by atoms with Crippen LogP contribution in [0.4, 0.5) is 0 Å². The quantitative estimate of drug-likeness (QED) is 0.789. The molecule has 0 aliphatic carbocycles. The van der Waals surface area contributed by atoms with Crippen molar-refractivity contribution in [2.24, 2.45) is 5.92 Å². The molecule has 0 bridgehead atoms. The maximum Gasteiger partial charge on any atom is 0.115 e. The number of nitrogens with one attached hydrogen (secondary N) is 1. The predicted octanol–water partition coefficient (Wildman–Crippen LogP) is 2.61. The van der Waals surface area contributed by atoms with Gasteiger partial charge < -0.3 is 5.32 Å². The van der Waals surface area contributed by atoms with Crippen molar-refractivity contribution in [3.8, 4) is 0 Å². The van der Waals surface area contributed by atoms with Gasteiger partial charge in [0, 0.05) is 23.9 Å². The van der Waals surface area contributed by atoms with E-state index >= 15 is 0 Å². The monoisotopic (exact) mass is 235 g/mol. The highest BCUT2D eigenvalue weighted by atomic mass is 14.9. The summed E-state index contributed by atoms with van der Waals surface area (Å²) < 4.78 is 0. The van der Waals surface area contributed by atoms with Crippen molar-refractivity contribution in [1.82, 2.24) is 15.3 Å². The molecule has 0 fully saturated rings. The number of aromatic nitrogens is 2. The van der Waals surface area contributed by atoms with Crippen LogP contribution in [0.2, 0.25) is 0 Å². The van der Waals surface area contributed by atoms with E-state index in [9.17, 15) is 0 Å².